The Balaban J connectivity index is 1.57. The molecule has 178 valence electrons. The Bertz CT molecular complexity index is 1280. The second-order valence-electron chi connectivity index (χ2n) is 8.55. The Labute approximate surface area is 204 Å². The summed E-state index contributed by atoms with van der Waals surface area (Å²) in [5.41, 5.74) is 5.55. The first-order valence-electron chi connectivity index (χ1n) is 11.3. The molecular weight excluding hydrogens is 468 g/mol. The molecule has 1 aliphatic heterocycles. The Morgan fingerprint density at radius 3 is 2.09 bits per heavy atom. The third kappa shape index (κ3) is 5.64. The summed E-state index contributed by atoms with van der Waals surface area (Å²) in [6.07, 6.45) is 0.494. The van der Waals surface area contributed by atoms with Crippen LogP contribution in [0, 0.1) is 13.8 Å². The van der Waals surface area contributed by atoms with Crippen molar-refractivity contribution in [3.05, 3.63) is 59.7 Å². The first-order valence-corrected chi connectivity index (χ1v) is 14.1. The number of nitrogens with zero attached hydrogens (tertiary/aromatic N) is 4. The summed E-state index contributed by atoms with van der Waals surface area (Å²) in [4.78, 5) is 19.3. The van der Waals surface area contributed by atoms with Gasteiger partial charge < -0.3 is 4.90 Å². The molecular formula is C25H28N4O3S2. The smallest absolute Gasteiger partial charge is 0.233 e. The van der Waals surface area contributed by atoms with Crippen molar-refractivity contribution in [3.63, 3.8) is 0 Å². The van der Waals surface area contributed by atoms with Crippen molar-refractivity contribution >= 4 is 27.5 Å². The highest BCUT2D eigenvalue weighted by Gasteiger charge is 2.33. The van der Waals surface area contributed by atoms with Crippen LogP contribution in [0.5, 0.6) is 0 Å². The molecule has 2 aromatic carbocycles. The van der Waals surface area contributed by atoms with Crippen LogP contribution in [0.25, 0.3) is 22.5 Å². The number of rotatable bonds is 7. The van der Waals surface area contributed by atoms with Crippen molar-refractivity contribution in [1.29, 1.82) is 0 Å². The number of carbonyl (C=O) groups is 1. The van der Waals surface area contributed by atoms with Crippen molar-refractivity contribution < 1.29 is 13.2 Å². The zero-order valence-corrected chi connectivity index (χ0v) is 21.2. The Morgan fingerprint density at radius 2 is 1.56 bits per heavy atom. The molecule has 1 saturated heterocycles. The van der Waals surface area contributed by atoms with Crippen LogP contribution in [0.15, 0.2) is 53.7 Å². The standard InChI is InChI=1S/C25H28N4O3S2/c1-4-29(21-13-14-34(31,32)16-21)22(30)15-33-25-26-23(19-9-5-17(2)6-10-19)24(27-28-25)20-11-7-18(3)8-12-20/h5-12,21H,4,13-16H2,1-3H3. The number of hydrogen-bond donors (Lipinski definition) is 0. The fraction of sp³-hybridized carbons (Fsp3) is 0.360. The summed E-state index contributed by atoms with van der Waals surface area (Å²) < 4.78 is 23.7. The van der Waals surface area contributed by atoms with Gasteiger partial charge in [0, 0.05) is 23.7 Å². The van der Waals surface area contributed by atoms with E-state index in [-0.39, 0.29) is 29.2 Å². The van der Waals surface area contributed by atoms with Gasteiger partial charge in [0.05, 0.1) is 17.3 Å². The molecule has 0 radical (unpaired) electrons. The van der Waals surface area contributed by atoms with E-state index in [1.54, 1.807) is 4.90 Å². The summed E-state index contributed by atoms with van der Waals surface area (Å²) >= 11 is 1.22. The highest BCUT2D eigenvalue weighted by atomic mass is 32.2. The molecule has 0 saturated carbocycles. The van der Waals surface area contributed by atoms with Crippen molar-refractivity contribution in [2.75, 3.05) is 23.8 Å². The fourth-order valence-electron chi connectivity index (χ4n) is 4.06. The van der Waals surface area contributed by atoms with Crippen LogP contribution < -0.4 is 0 Å². The van der Waals surface area contributed by atoms with E-state index in [9.17, 15) is 13.2 Å². The van der Waals surface area contributed by atoms with Gasteiger partial charge in [-0.05, 0) is 27.2 Å². The van der Waals surface area contributed by atoms with E-state index in [1.165, 1.54) is 11.8 Å². The molecule has 0 N–H and O–H groups in total. The summed E-state index contributed by atoms with van der Waals surface area (Å²) in [7, 11) is -3.06. The maximum atomic E-state index is 12.9. The van der Waals surface area contributed by atoms with Gasteiger partial charge in [-0.25, -0.2) is 13.4 Å². The van der Waals surface area contributed by atoms with Crippen molar-refractivity contribution in [1.82, 2.24) is 20.1 Å². The minimum Gasteiger partial charge on any atom is -0.338 e. The van der Waals surface area contributed by atoms with E-state index >= 15 is 0 Å². The largest absolute Gasteiger partial charge is 0.338 e. The molecule has 34 heavy (non-hydrogen) atoms. The summed E-state index contributed by atoms with van der Waals surface area (Å²) in [6.45, 7) is 6.41. The van der Waals surface area contributed by atoms with Gasteiger partial charge >= 0.3 is 0 Å². The number of benzene rings is 2. The highest BCUT2D eigenvalue weighted by Crippen LogP contribution is 2.30. The predicted molar refractivity (Wildman–Crippen MR) is 135 cm³/mol. The van der Waals surface area contributed by atoms with Gasteiger partial charge in [-0.15, -0.1) is 10.2 Å². The van der Waals surface area contributed by atoms with E-state index in [0.29, 0.717) is 29.5 Å². The van der Waals surface area contributed by atoms with Crippen LogP contribution in [-0.4, -0.2) is 64.3 Å². The zero-order chi connectivity index (χ0) is 24.3. The normalized spacial score (nSPS) is 17.0. The molecule has 1 unspecified atom stereocenters. The number of aryl methyl sites for hydroxylation is 2. The lowest BCUT2D eigenvalue weighted by Crippen LogP contribution is -2.42. The Morgan fingerprint density at radius 1 is 0.971 bits per heavy atom. The highest BCUT2D eigenvalue weighted by molar-refractivity contribution is 7.99. The molecule has 3 aromatic rings. The van der Waals surface area contributed by atoms with E-state index in [4.69, 9.17) is 4.98 Å². The van der Waals surface area contributed by atoms with Crippen LogP contribution in [0.4, 0.5) is 0 Å². The van der Waals surface area contributed by atoms with Gasteiger partial charge in [0.1, 0.15) is 11.4 Å². The van der Waals surface area contributed by atoms with Gasteiger partial charge in [0.2, 0.25) is 11.1 Å². The first kappa shape index (κ1) is 24.3. The van der Waals surface area contributed by atoms with Crippen LogP contribution in [0.2, 0.25) is 0 Å². The molecule has 0 aliphatic carbocycles. The van der Waals surface area contributed by atoms with Gasteiger partial charge in [-0.3, -0.25) is 4.79 Å². The summed E-state index contributed by atoms with van der Waals surface area (Å²) in [5.74, 6) is 0.196. The van der Waals surface area contributed by atoms with Crippen LogP contribution in [0.1, 0.15) is 24.5 Å². The SMILES string of the molecule is CCN(C(=O)CSc1nnc(-c2ccc(C)cc2)c(-c2ccc(C)cc2)n1)C1CCS(=O)(=O)C1. The molecule has 1 fully saturated rings. The molecule has 9 heteroatoms. The van der Waals surface area contributed by atoms with E-state index in [2.05, 4.69) is 10.2 Å². The van der Waals surface area contributed by atoms with Gasteiger partial charge in [-0.1, -0.05) is 71.4 Å². The number of carbonyl (C=O) groups excluding carboxylic acids is 1. The average Bonchev–Trinajstić information content (AvgIpc) is 3.18. The number of aromatic nitrogens is 3. The van der Waals surface area contributed by atoms with Gasteiger partial charge in [0.15, 0.2) is 9.84 Å². The molecule has 1 amide bonds. The van der Waals surface area contributed by atoms with E-state index in [0.717, 1.165) is 22.3 Å². The minimum atomic E-state index is -3.06. The lowest BCUT2D eigenvalue weighted by atomic mass is 10.0. The number of amides is 1. The summed E-state index contributed by atoms with van der Waals surface area (Å²) in [5, 5.41) is 9.19. The molecule has 2 heterocycles. The number of thioether (sulfide) groups is 1. The molecule has 1 atom stereocenters. The zero-order valence-electron chi connectivity index (χ0n) is 19.6. The lowest BCUT2D eigenvalue weighted by molar-refractivity contribution is -0.129. The summed E-state index contributed by atoms with van der Waals surface area (Å²) in [6, 6.07) is 15.9. The monoisotopic (exact) mass is 496 g/mol. The van der Waals surface area contributed by atoms with Crippen molar-refractivity contribution in [2.45, 2.75) is 38.4 Å². The Kier molecular flexibility index (Phi) is 7.33. The maximum absolute atomic E-state index is 12.9. The molecule has 1 aromatic heterocycles. The first-order chi connectivity index (χ1) is 16.3. The Hall–Kier alpha value is -2.78. The van der Waals surface area contributed by atoms with Crippen LogP contribution >= 0.6 is 11.8 Å². The fourth-order valence-corrected chi connectivity index (χ4v) is 6.46. The molecule has 1 aliphatic rings. The maximum Gasteiger partial charge on any atom is 0.233 e. The third-order valence-corrected chi connectivity index (χ3v) is 8.53. The van der Waals surface area contributed by atoms with Gasteiger partial charge in [-0.2, -0.15) is 0 Å². The van der Waals surface area contributed by atoms with Crippen LogP contribution in [0.3, 0.4) is 0 Å². The second-order valence-corrected chi connectivity index (χ2v) is 11.7. The van der Waals surface area contributed by atoms with Crippen molar-refractivity contribution in [2.24, 2.45) is 0 Å². The van der Waals surface area contributed by atoms with Gasteiger partial charge in [0.25, 0.3) is 0 Å². The molecule has 0 spiro atoms. The second kappa shape index (κ2) is 10.2. The minimum absolute atomic E-state index is 0.0398. The van der Waals surface area contributed by atoms with E-state index < -0.39 is 9.84 Å². The number of hydrogen-bond acceptors (Lipinski definition) is 7. The number of sulfone groups is 1. The molecule has 4 rings (SSSR count). The third-order valence-electron chi connectivity index (χ3n) is 5.95. The lowest BCUT2D eigenvalue weighted by Gasteiger charge is -2.26. The molecule has 7 nitrogen and oxygen atoms in total. The van der Waals surface area contributed by atoms with Crippen LogP contribution in [-0.2, 0) is 14.6 Å². The van der Waals surface area contributed by atoms with E-state index in [1.807, 2.05) is 69.3 Å². The predicted octanol–water partition coefficient (Wildman–Crippen LogP) is 3.95. The quantitative estimate of drug-likeness (QED) is 0.457. The average molecular weight is 497 g/mol. The van der Waals surface area contributed by atoms with Crippen molar-refractivity contribution in [3.8, 4) is 22.5 Å². The molecule has 0 bridgehead atoms. The topological polar surface area (TPSA) is 93.1 Å².